The topological polar surface area (TPSA) is 104 Å². The zero-order chi connectivity index (χ0) is 17.9. The molecule has 1 spiro atoms. The number of H-pyrrole nitrogens is 1. The second-order valence-electron chi connectivity index (χ2n) is 7.95. The Morgan fingerprint density at radius 2 is 1.96 bits per heavy atom. The minimum Gasteiger partial charge on any atom is -0.447 e. The third-order valence-corrected chi connectivity index (χ3v) is 6.36. The lowest BCUT2D eigenvalue weighted by atomic mass is 9.76. The number of piperidine rings is 1. The van der Waals surface area contributed by atoms with Gasteiger partial charge in [0.15, 0.2) is 0 Å². The summed E-state index contributed by atoms with van der Waals surface area (Å²) >= 11 is 0. The first kappa shape index (κ1) is 15.8. The van der Waals surface area contributed by atoms with Gasteiger partial charge in [0.25, 0.3) is 5.56 Å². The number of nitrogens with zero attached hydrogens (tertiary/aromatic N) is 2. The number of amides is 2. The fourth-order valence-electron chi connectivity index (χ4n) is 4.60. The number of rotatable bonds is 2. The minimum atomic E-state index is -0.574. The van der Waals surface area contributed by atoms with E-state index in [0.717, 1.165) is 55.6 Å². The van der Waals surface area contributed by atoms with Crippen LogP contribution in [-0.4, -0.2) is 52.6 Å². The van der Waals surface area contributed by atoms with Gasteiger partial charge in [-0.2, -0.15) is 0 Å². The molecule has 26 heavy (non-hydrogen) atoms. The van der Waals surface area contributed by atoms with Crippen molar-refractivity contribution < 1.29 is 14.3 Å². The molecule has 1 aromatic rings. The van der Waals surface area contributed by atoms with Crippen LogP contribution in [-0.2, 0) is 21.4 Å². The zero-order valence-corrected chi connectivity index (χ0v) is 14.5. The van der Waals surface area contributed by atoms with Gasteiger partial charge in [0.05, 0.1) is 5.69 Å². The summed E-state index contributed by atoms with van der Waals surface area (Å²) in [6.07, 6.45) is 5.00. The average molecular weight is 358 g/mol. The van der Waals surface area contributed by atoms with E-state index in [4.69, 9.17) is 9.72 Å². The number of nitrogens with one attached hydrogen (secondary N) is 2. The number of carbonyl (C=O) groups is 2. The van der Waals surface area contributed by atoms with Crippen molar-refractivity contribution >= 4 is 12.0 Å². The van der Waals surface area contributed by atoms with Crippen molar-refractivity contribution in [3.05, 3.63) is 27.4 Å². The van der Waals surface area contributed by atoms with E-state index < -0.39 is 12.1 Å². The second kappa shape index (κ2) is 5.56. The highest BCUT2D eigenvalue weighted by Gasteiger charge is 2.46. The summed E-state index contributed by atoms with van der Waals surface area (Å²) < 4.78 is 4.83. The number of aromatic nitrogens is 2. The maximum atomic E-state index is 12.6. The molecule has 138 valence electrons. The van der Waals surface area contributed by atoms with Crippen LogP contribution in [0.3, 0.4) is 0 Å². The molecule has 1 atom stereocenters. The summed E-state index contributed by atoms with van der Waals surface area (Å²) in [4.78, 5) is 45.8. The predicted molar refractivity (Wildman–Crippen MR) is 90.9 cm³/mol. The van der Waals surface area contributed by atoms with E-state index in [1.54, 1.807) is 4.90 Å². The van der Waals surface area contributed by atoms with Crippen molar-refractivity contribution in [2.75, 3.05) is 19.7 Å². The average Bonchev–Trinajstić information content (AvgIpc) is 3.32. The van der Waals surface area contributed by atoms with Crippen molar-refractivity contribution in [1.82, 2.24) is 20.2 Å². The molecule has 8 heteroatoms. The molecular weight excluding hydrogens is 336 g/mol. The van der Waals surface area contributed by atoms with Gasteiger partial charge < -0.3 is 19.9 Å². The molecule has 3 fully saturated rings. The minimum absolute atomic E-state index is 0.0260. The molecule has 2 saturated heterocycles. The lowest BCUT2D eigenvalue weighted by Gasteiger charge is -2.40. The van der Waals surface area contributed by atoms with Crippen LogP contribution in [0.5, 0.6) is 0 Å². The molecule has 3 heterocycles. The molecule has 0 aromatic carbocycles. The van der Waals surface area contributed by atoms with Crippen molar-refractivity contribution in [2.45, 2.75) is 55.9 Å². The van der Waals surface area contributed by atoms with E-state index in [-0.39, 0.29) is 23.5 Å². The summed E-state index contributed by atoms with van der Waals surface area (Å²) in [6, 6.07) is -0.574. The quantitative estimate of drug-likeness (QED) is 0.804. The summed E-state index contributed by atoms with van der Waals surface area (Å²) in [5, 5.41) is 2.55. The first-order chi connectivity index (χ1) is 12.6. The Morgan fingerprint density at radius 1 is 1.19 bits per heavy atom. The normalized spacial score (nSPS) is 26.5. The molecule has 0 bridgehead atoms. The third-order valence-electron chi connectivity index (χ3n) is 6.36. The Kier molecular flexibility index (Phi) is 3.39. The van der Waals surface area contributed by atoms with E-state index in [2.05, 4.69) is 10.3 Å². The molecule has 5 rings (SSSR count). The number of cyclic esters (lactones) is 1. The van der Waals surface area contributed by atoms with Crippen molar-refractivity contribution in [1.29, 1.82) is 0 Å². The molecular formula is C18H22N4O4. The molecule has 2 aliphatic carbocycles. The number of ether oxygens (including phenoxy) is 1. The predicted octanol–water partition coefficient (Wildman–Crippen LogP) is 0.562. The second-order valence-corrected chi connectivity index (χ2v) is 7.95. The van der Waals surface area contributed by atoms with Gasteiger partial charge in [0.2, 0.25) is 5.91 Å². The van der Waals surface area contributed by atoms with Gasteiger partial charge in [0, 0.05) is 30.0 Å². The Hall–Kier alpha value is -2.38. The lowest BCUT2D eigenvalue weighted by Crippen LogP contribution is -2.51. The molecule has 0 unspecified atom stereocenters. The number of fused-ring (bicyclic) bond motifs is 2. The Balaban J connectivity index is 1.35. The van der Waals surface area contributed by atoms with Gasteiger partial charge in [0.1, 0.15) is 18.5 Å². The molecule has 4 aliphatic rings. The number of aromatic amines is 1. The van der Waals surface area contributed by atoms with E-state index >= 15 is 0 Å². The molecule has 2 N–H and O–H groups in total. The fraction of sp³-hybridized carbons (Fsp3) is 0.667. The standard InChI is InChI=1S/C18H22N4O4/c23-15-11-3-4-18(13(11)20-14(21-15)10-1-2-10)5-7-22(8-6-18)16(24)12-9-26-17(25)19-12/h10,12H,1-9H2,(H,19,25)(H,20,21,23)/t12-/m0/s1. The van der Waals surface area contributed by atoms with E-state index in [1.807, 2.05) is 0 Å². The first-order valence-electron chi connectivity index (χ1n) is 9.41. The van der Waals surface area contributed by atoms with Crippen LogP contribution in [0.15, 0.2) is 4.79 Å². The van der Waals surface area contributed by atoms with Crippen LogP contribution in [0.25, 0.3) is 0 Å². The maximum absolute atomic E-state index is 12.6. The largest absolute Gasteiger partial charge is 0.447 e. The fourth-order valence-corrected chi connectivity index (χ4v) is 4.60. The lowest BCUT2D eigenvalue weighted by molar-refractivity contribution is -0.134. The van der Waals surface area contributed by atoms with Crippen molar-refractivity contribution in [3.63, 3.8) is 0 Å². The molecule has 1 aromatic heterocycles. The van der Waals surface area contributed by atoms with Crippen LogP contribution >= 0.6 is 0 Å². The summed E-state index contributed by atoms with van der Waals surface area (Å²) in [5.74, 6) is 1.18. The molecule has 2 amide bonds. The van der Waals surface area contributed by atoms with Gasteiger partial charge in [-0.15, -0.1) is 0 Å². The van der Waals surface area contributed by atoms with E-state index in [0.29, 0.717) is 19.0 Å². The van der Waals surface area contributed by atoms with Crippen LogP contribution < -0.4 is 10.9 Å². The Bertz CT molecular complexity index is 836. The summed E-state index contributed by atoms with van der Waals surface area (Å²) in [5.41, 5.74) is 1.76. The highest BCUT2D eigenvalue weighted by Crippen LogP contribution is 2.46. The first-order valence-corrected chi connectivity index (χ1v) is 9.41. The number of carbonyl (C=O) groups excluding carboxylic acids is 2. The van der Waals surface area contributed by atoms with Crippen LogP contribution in [0.4, 0.5) is 4.79 Å². The Labute approximate surface area is 150 Å². The number of likely N-dealkylation sites (tertiary alicyclic amines) is 1. The van der Waals surface area contributed by atoms with Crippen molar-refractivity contribution in [3.8, 4) is 0 Å². The maximum Gasteiger partial charge on any atom is 0.407 e. The number of hydrogen-bond donors (Lipinski definition) is 2. The molecule has 2 aliphatic heterocycles. The molecule has 8 nitrogen and oxygen atoms in total. The van der Waals surface area contributed by atoms with Gasteiger partial charge in [-0.3, -0.25) is 9.59 Å². The molecule has 0 radical (unpaired) electrons. The van der Waals surface area contributed by atoms with Gasteiger partial charge in [-0.25, -0.2) is 9.78 Å². The van der Waals surface area contributed by atoms with E-state index in [1.165, 1.54) is 0 Å². The highest BCUT2D eigenvalue weighted by molar-refractivity contribution is 5.88. The number of hydrogen-bond acceptors (Lipinski definition) is 5. The molecule has 1 saturated carbocycles. The van der Waals surface area contributed by atoms with Crippen LogP contribution in [0.2, 0.25) is 0 Å². The van der Waals surface area contributed by atoms with Gasteiger partial charge >= 0.3 is 6.09 Å². The SMILES string of the molecule is O=C1N[C@H](C(=O)N2CCC3(CCc4c3nc(C3CC3)[nH]c4=O)CC2)CO1. The zero-order valence-electron chi connectivity index (χ0n) is 14.5. The monoisotopic (exact) mass is 358 g/mol. The third kappa shape index (κ3) is 2.42. The van der Waals surface area contributed by atoms with E-state index in [9.17, 15) is 14.4 Å². The van der Waals surface area contributed by atoms with Crippen LogP contribution in [0, 0.1) is 0 Å². The van der Waals surface area contributed by atoms with Crippen LogP contribution in [0.1, 0.15) is 55.1 Å². The highest BCUT2D eigenvalue weighted by atomic mass is 16.6. The Morgan fingerprint density at radius 3 is 2.62 bits per heavy atom. The van der Waals surface area contributed by atoms with Crippen molar-refractivity contribution in [2.24, 2.45) is 0 Å². The van der Waals surface area contributed by atoms with Gasteiger partial charge in [-0.05, 0) is 38.5 Å². The van der Waals surface area contributed by atoms with Gasteiger partial charge in [-0.1, -0.05) is 0 Å². The summed E-state index contributed by atoms with van der Waals surface area (Å²) in [6.45, 7) is 1.35. The number of alkyl carbamates (subject to hydrolysis) is 1. The summed E-state index contributed by atoms with van der Waals surface area (Å²) in [7, 11) is 0. The smallest absolute Gasteiger partial charge is 0.407 e.